The van der Waals surface area contributed by atoms with Crippen molar-refractivity contribution < 1.29 is 14.3 Å². The van der Waals surface area contributed by atoms with Crippen molar-refractivity contribution in [1.29, 1.82) is 0 Å². The summed E-state index contributed by atoms with van der Waals surface area (Å²) in [6, 6.07) is 0. The monoisotopic (exact) mass is 198 g/mol. The summed E-state index contributed by atoms with van der Waals surface area (Å²) in [4.78, 5) is 22.8. The van der Waals surface area contributed by atoms with Gasteiger partial charge >= 0.3 is 5.97 Å². The third kappa shape index (κ3) is 2.34. The third-order valence-corrected chi connectivity index (χ3v) is 3.08. The van der Waals surface area contributed by atoms with Gasteiger partial charge in [0, 0.05) is 11.8 Å². The van der Waals surface area contributed by atoms with Crippen molar-refractivity contribution in [1.82, 2.24) is 0 Å². The maximum atomic E-state index is 11.6. The molecule has 0 N–H and O–H groups in total. The first-order valence-electron chi connectivity index (χ1n) is 5.17. The van der Waals surface area contributed by atoms with Crippen molar-refractivity contribution in [2.24, 2.45) is 17.8 Å². The highest BCUT2D eigenvalue weighted by Crippen LogP contribution is 2.31. The van der Waals surface area contributed by atoms with Crippen LogP contribution >= 0.6 is 0 Å². The molecule has 3 heteroatoms. The molecular weight excluding hydrogens is 180 g/mol. The van der Waals surface area contributed by atoms with Crippen LogP contribution in [-0.4, -0.2) is 18.9 Å². The van der Waals surface area contributed by atoms with Crippen LogP contribution in [0.3, 0.4) is 0 Å². The fourth-order valence-corrected chi connectivity index (χ4v) is 2.10. The Morgan fingerprint density at radius 3 is 2.64 bits per heavy atom. The quantitative estimate of drug-likeness (QED) is 0.649. The minimum absolute atomic E-state index is 0.0825. The molecule has 1 saturated carbocycles. The van der Waals surface area contributed by atoms with E-state index in [4.69, 9.17) is 0 Å². The fourth-order valence-electron chi connectivity index (χ4n) is 2.10. The lowest BCUT2D eigenvalue weighted by molar-refractivity contribution is -0.145. The van der Waals surface area contributed by atoms with E-state index in [1.54, 1.807) is 0 Å². The number of hydrogen-bond donors (Lipinski definition) is 0. The Morgan fingerprint density at radius 1 is 1.57 bits per heavy atom. The second-order valence-corrected chi connectivity index (χ2v) is 4.24. The zero-order chi connectivity index (χ0) is 10.7. The molecule has 0 amide bonds. The maximum absolute atomic E-state index is 11.6. The first-order valence-corrected chi connectivity index (χ1v) is 5.17. The van der Waals surface area contributed by atoms with Gasteiger partial charge in [-0.25, -0.2) is 0 Å². The van der Waals surface area contributed by atoms with Gasteiger partial charge in [-0.2, -0.15) is 0 Å². The molecule has 0 spiro atoms. The summed E-state index contributed by atoms with van der Waals surface area (Å²) in [5.41, 5.74) is 0. The lowest BCUT2D eigenvalue weighted by Gasteiger charge is -2.13. The van der Waals surface area contributed by atoms with Gasteiger partial charge in [0.15, 0.2) is 0 Å². The van der Waals surface area contributed by atoms with Crippen LogP contribution in [0.25, 0.3) is 0 Å². The van der Waals surface area contributed by atoms with E-state index in [0.717, 1.165) is 12.8 Å². The Morgan fingerprint density at radius 2 is 2.21 bits per heavy atom. The standard InChI is InChI=1S/C11H18O3/c1-7-4-5-9(10(7)12)6-8(2)11(13)14-3/h7-9H,4-6H2,1-3H3/t7-,8-,9+/m1/s1. The second-order valence-electron chi connectivity index (χ2n) is 4.24. The Balaban J connectivity index is 2.45. The minimum atomic E-state index is -0.211. The summed E-state index contributed by atoms with van der Waals surface area (Å²) < 4.78 is 4.63. The number of ketones is 1. The molecule has 0 aliphatic heterocycles. The first kappa shape index (κ1) is 11.2. The third-order valence-electron chi connectivity index (χ3n) is 3.08. The van der Waals surface area contributed by atoms with Gasteiger partial charge in [-0.3, -0.25) is 9.59 Å². The molecule has 1 aliphatic carbocycles. The lowest BCUT2D eigenvalue weighted by Crippen LogP contribution is -2.20. The van der Waals surface area contributed by atoms with Crippen molar-refractivity contribution in [2.45, 2.75) is 33.1 Å². The number of ether oxygens (including phenoxy) is 1. The van der Waals surface area contributed by atoms with Crippen molar-refractivity contribution in [3.05, 3.63) is 0 Å². The van der Waals surface area contributed by atoms with Crippen LogP contribution in [0.4, 0.5) is 0 Å². The predicted molar refractivity (Wildman–Crippen MR) is 52.7 cm³/mol. The number of rotatable bonds is 3. The summed E-state index contributed by atoms with van der Waals surface area (Å²) >= 11 is 0. The highest BCUT2D eigenvalue weighted by molar-refractivity contribution is 5.85. The smallest absolute Gasteiger partial charge is 0.308 e. The van der Waals surface area contributed by atoms with Crippen LogP contribution in [-0.2, 0) is 14.3 Å². The summed E-state index contributed by atoms with van der Waals surface area (Å²) in [6.45, 7) is 3.78. The SMILES string of the molecule is COC(=O)[C@H](C)C[C@@H]1CC[C@@H](C)C1=O. The molecule has 0 saturated heterocycles. The van der Waals surface area contributed by atoms with Crippen LogP contribution in [0.2, 0.25) is 0 Å². The van der Waals surface area contributed by atoms with Crippen LogP contribution in [0.5, 0.6) is 0 Å². The Kier molecular flexibility index (Phi) is 3.67. The van der Waals surface area contributed by atoms with Gasteiger partial charge in [-0.05, 0) is 19.3 Å². The number of Topliss-reactive ketones (excluding diaryl/α,β-unsaturated/α-hetero) is 1. The van der Waals surface area contributed by atoms with E-state index in [9.17, 15) is 9.59 Å². The van der Waals surface area contributed by atoms with Gasteiger partial charge in [-0.15, -0.1) is 0 Å². The molecule has 0 bridgehead atoms. The molecule has 0 radical (unpaired) electrons. The normalized spacial score (nSPS) is 28.9. The van der Waals surface area contributed by atoms with Gasteiger partial charge in [-0.1, -0.05) is 13.8 Å². The number of carbonyl (C=O) groups is 2. The van der Waals surface area contributed by atoms with E-state index in [-0.39, 0.29) is 23.7 Å². The van der Waals surface area contributed by atoms with E-state index in [0.29, 0.717) is 12.2 Å². The molecule has 1 fully saturated rings. The number of carbonyl (C=O) groups excluding carboxylic acids is 2. The zero-order valence-corrected chi connectivity index (χ0v) is 9.08. The zero-order valence-electron chi connectivity index (χ0n) is 9.08. The van der Waals surface area contributed by atoms with Gasteiger partial charge < -0.3 is 4.74 Å². The average molecular weight is 198 g/mol. The summed E-state index contributed by atoms with van der Waals surface area (Å²) in [7, 11) is 1.39. The van der Waals surface area contributed by atoms with E-state index >= 15 is 0 Å². The van der Waals surface area contributed by atoms with E-state index < -0.39 is 0 Å². The van der Waals surface area contributed by atoms with E-state index in [1.165, 1.54) is 7.11 Å². The molecule has 0 aromatic carbocycles. The largest absolute Gasteiger partial charge is 0.469 e. The van der Waals surface area contributed by atoms with Crippen molar-refractivity contribution in [3.8, 4) is 0 Å². The number of esters is 1. The van der Waals surface area contributed by atoms with Gasteiger partial charge in [0.1, 0.15) is 5.78 Å². The highest BCUT2D eigenvalue weighted by Gasteiger charge is 2.33. The molecule has 1 rings (SSSR count). The van der Waals surface area contributed by atoms with Gasteiger partial charge in [0.2, 0.25) is 0 Å². The Bertz CT molecular complexity index is 235. The van der Waals surface area contributed by atoms with Crippen LogP contribution in [0.1, 0.15) is 33.1 Å². The topological polar surface area (TPSA) is 43.4 Å². The molecular formula is C11H18O3. The summed E-state index contributed by atoms with van der Waals surface area (Å²) in [6.07, 6.45) is 2.55. The van der Waals surface area contributed by atoms with Gasteiger partial charge in [0.25, 0.3) is 0 Å². The van der Waals surface area contributed by atoms with Crippen LogP contribution in [0.15, 0.2) is 0 Å². The molecule has 0 unspecified atom stereocenters. The van der Waals surface area contributed by atoms with Crippen molar-refractivity contribution >= 4 is 11.8 Å². The molecule has 14 heavy (non-hydrogen) atoms. The first-order chi connectivity index (χ1) is 6.56. The highest BCUT2D eigenvalue weighted by atomic mass is 16.5. The number of hydrogen-bond acceptors (Lipinski definition) is 3. The molecule has 80 valence electrons. The minimum Gasteiger partial charge on any atom is -0.469 e. The average Bonchev–Trinajstić information content (AvgIpc) is 2.48. The second kappa shape index (κ2) is 4.58. The van der Waals surface area contributed by atoms with Gasteiger partial charge in [0.05, 0.1) is 13.0 Å². The van der Waals surface area contributed by atoms with Crippen LogP contribution < -0.4 is 0 Å². The van der Waals surface area contributed by atoms with Crippen molar-refractivity contribution in [3.63, 3.8) is 0 Å². The lowest BCUT2D eigenvalue weighted by atomic mass is 9.93. The molecule has 3 nitrogen and oxygen atoms in total. The maximum Gasteiger partial charge on any atom is 0.308 e. The van der Waals surface area contributed by atoms with E-state index in [2.05, 4.69) is 4.74 Å². The molecule has 0 aromatic rings. The molecule has 0 aromatic heterocycles. The Labute approximate surface area is 84.8 Å². The summed E-state index contributed by atoms with van der Waals surface area (Å²) in [5.74, 6) is 0.223. The van der Waals surface area contributed by atoms with Crippen molar-refractivity contribution in [2.75, 3.05) is 7.11 Å². The van der Waals surface area contributed by atoms with E-state index in [1.807, 2.05) is 13.8 Å². The molecule has 1 aliphatic rings. The number of methoxy groups -OCH3 is 1. The Hall–Kier alpha value is -0.860. The molecule has 0 heterocycles. The van der Waals surface area contributed by atoms with Crippen LogP contribution in [0, 0.1) is 17.8 Å². The fraction of sp³-hybridized carbons (Fsp3) is 0.818. The molecule has 3 atom stereocenters. The predicted octanol–water partition coefficient (Wildman–Crippen LogP) is 1.80. The summed E-state index contributed by atoms with van der Waals surface area (Å²) in [5, 5.41) is 0.